The molecule has 572 valence electrons. The molecule has 0 spiro atoms. The molecular formula is C65H105N15O22. The molecule has 1 aliphatic rings. The Morgan fingerprint density at radius 2 is 1.25 bits per heavy atom. The van der Waals surface area contributed by atoms with Gasteiger partial charge in [-0.15, -0.1) is 0 Å². The molecule has 0 aromatic heterocycles. The van der Waals surface area contributed by atoms with Crippen molar-refractivity contribution in [3.63, 3.8) is 0 Å². The third-order valence-electron chi connectivity index (χ3n) is 16.8. The van der Waals surface area contributed by atoms with Crippen LogP contribution in [0.2, 0.25) is 0 Å². The van der Waals surface area contributed by atoms with Gasteiger partial charge in [-0.25, -0.2) is 4.79 Å². The number of allylic oxidation sites excluding steroid dienone is 1. The third-order valence-corrected chi connectivity index (χ3v) is 16.8. The van der Waals surface area contributed by atoms with Crippen molar-refractivity contribution in [1.82, 2.24) is 57.7 Å². The number of rotatable bonds is 31. The van der Waals surface area contributed by atoms with Gasteiger partial charge in [0.25, 0.3) is 0 Å². The van der Waals surface area contributed by atoms with Crippen LogP contribution in [0.3, 0.4) is 0 Å². The highest BCUT2D eigenvalue weighted by Crippen LogP contribution is 2.27. The summed E-state index contributed by atoms with van der Waals surface area (Å²) in [6, 6.07) is -15.0. The van der Waals surface area contributed by atoms with Gasteiger partial charge >= 0.3 is 5.97 Å². The van der Waals surface area contributed by atoms with E-state index in [1.54, 1.807) is 20.8 Å². The number of nitrogens with zero attached hydrogens (tertiary/aromatic N) is 2. The summed E-state index contributed by atoms with van der Waals surface area (Å²) >= 11 is 0. The van der Waals surface area contributed by atoms with Gasteiger partial charge in [0.2, 0.25) is 82.7 Å². The predicted octanol–water partition coefficient (Wildman–Crippen LogP) is -6.27. The first-order chi connectivity index (χ1) is 47.4. The minimum absolute atomic E-state index is 0.0579. The average Bonchev–Trinajstić information content (AvgIpc) is 0.815. The molecule has 0 bridgehead atoms. The summed E-state index contributed by atoms with van der Waals surface area (Å²) in [6.07, 6.45) is -8.75. The molecule has 2 rings (SSSR count). The zero-order chi connectivity index (χ0) is 78.1. The summed E-state index contributed by atoms with van der Waals surface area (Å²) < 4.78 is 16.8. The van der Waals surface area contributed by atoms with E-state index in [4.69, 9.17) is 37.1 Å². The second-order valence-electron chi connectivity index (χ2n) is 26.3. The van der Waals surface area contributed by atoms with Gasteiger partial charge in [0, 0.05) is 46.7 Å². The zero-order valence-electron chi connectivity index (χ0n) is 60.2. The largest absolute Gasteiger partial charge is 0.508 e. The predicted molar refractivity (Wildman–Crippen MR) is 362 cm³/mol. The smallest absolute Gasteiger partial charge is 0.328 e. The van der Waals surface area contributed by atoms with Gasteiger partial charge in [-0.3, -0.25) is 67.1 Å². The van der Waals surface area contributed by atoms with Crippen molar-refractivity contribution in [2.24, 2.45) is 46.6 Å². The summed E-state index contributed by atoms with van der Waals surface area (Å²) in [6.45, 7) is 14.4. The fourth-order valence-electron chi connectivity index (χ4n) is 10.7. The van der Waals surface area contributed by atoms with Crippen LogP contribution >= 0.6 is 0 Å². The van der Waals surface area contributed by atoms with Crippen LogP contribution in [-0.2, 0) is 86.1 Å². The summed E-state index contributed by atoms with van der Waals surface area (Å²) in [5, 5.41) is 63.2. The van der Waals surface area contributed by atoms with Gasteiger partial charge in [0.1, 0.15) is 78.4 Å². The summed E-state index contributed by atoms with van der Waals surface area (Å²) in [7, 11) is 4.62. The lowest BCUT2D eigenvalue weighted by atomic mass is 9.87. The zero-order valence-corrected chi connectivity index (χ0v) is 60.2. The van der Waals surface area contributed by atoms with Gasteiger partial charge in [-0.05, 0) is 89.3 Å². The fourth-order valence-corrected chi connectivity index (χ4v) is 10.7. The van der Waals surface area contributed by atoms with Gasteiger partial charge in [-0.2, -0.15) is 0 Å². The molecule has 0 aliphatic carbocycles. The number of ether oxygens (including phenoxy) is 3. The molecule has 14 amide bonds. The Labute approximate surface area is 591 Å². The Balaban J connectivity index is 2.87. The van der Waals surface area contributed by atoms with Crippen molar-refractivity contribution in [1.29, 1.82) is 0 Å². The highest BCUT2D eigenvalue weighted by molar-refractivity contribution is 6.01. The van der Waals surface area contributed by atoms with E-state index in [0.717, 1.165) is 43.4 Å². The first kappa shape index (κ1) is 88.7. The Bertz CT molecular complexity index is 3170. The quantitative estimate of drug-likeness (QED) is 0.0243. The normalized spacial score (nSPS) is 22.8. The van der Waals surface area contributed by atoms with Gasteiger partial charge < -0.3 is 115 Å². The molecule has 1 fully saturated rings. The van der Waals surface area contributed by atoms with Crippen molar-refractivity contribution in [2.45, 2.75) is 205 Å². The lowest BCUT2D eigenvalue weighted by Crippen LogP contribution is -2.66. The molecule has 18 unspecified atom stereocenters. The summed E-state index contributed by atoms with van der Waals surface area (Å²) in [4.78, 5) is 211. The second-order valence-corrected chi connectivity index (χ2v) is 26.3. The number of aliphatic hydroxyl groups excluding tert-OH is 3. The average molecular weight is 1450 g/mol. The number of hydrogen-bond donors (Lipinski definition) is 17. The highest BCUT2D eigenvalue weighted by Gasteiger charge is 2.45. The molecule has 1 heterocycles. The van der Waals surface area contributed by atoms with Crippen LogP contribution < -0.4 is 70.8 Å². The van der Waals surface area contributed by atoms with E-state index in [1.807, 2.05) is 13.8 Å². The molecule has 18 atom stereocenters. The number of phenols is 1. The van der Waals surface area contributed by atoms with Gasteiger partial charge in [0.05, 0.1) is 31.8 Å². The van der Waals surface area contributed by atoms with E-state index >= 15 is 9.59 Å². The molecule has 1 aromatic rings. The molecule has 0 saturated carbocycles. The van der Waals surface area contributed by atoms with Crippen LogP contribution in [0.25, 0.3) is 0 Å². The number of hydrogen-bond acceptors (Lipinski definition) is 23. The van der Waals surface area contributed by atoms with Crippen LogP contribution in [0.15, 0.2) is 35.9 Å². The monoisotopic (exact) mass is 1450 g/mol. The Morgan fingerprint density at radius 3 is 1.77 bits per heavy atom. The van der Waals surface area contributed by atoms with E-state index < -0.39 is 230 Å². The van der Waals surface area contributed by atoms with Crippen LogP contribution in [0.1, 0.15) is 120 Å². The molecule has 102 heavy (non-hydrogen) atoms. The summed E-state index contributed by atoms with van der Waals surface area (Å²) in [5.41, 5.74) is 23.6. The van der Waals surface area contributed by atoms with Crippen molar-refractivity contribution in [2.75, 3.05) is 41.5 Å². The maximum atomic E-state index is 15.0. The number of amides is 14. The number of carbonyl (C=O) groups excluding carboxylic acids is 15. The van der Waals surface area contributed by atoms with E-state index in [1.165, 1.54) is 72.2 Å². The number of nitrogens with two attached hydrogens (primary N) is 4. The number of cyclic esters (lactones) is 1. The lowest BCUT2D eigenvalue weighted by Gasteiger charge is -2.36. The van der Waals surface area contributed by atoms with Gasteiger partial charge in [-0.1, -0.05) is 65.3 Å². The molecule has 21 N–H and O–H groups in total. The van der Waals surface area contributed by atoms with Crippen molar-refractivity contribution >= 4 is 88.7 Å². The van der Waals surface area contributed by atoms with Crippen LogP contribution in [0.5, 0.6) is 5.75 Å². The maximum absolute atomic E-state index is 15.0. The van der Waals surface area contributed by atoms with Crippen molar-refractivity contribution < 1.29 is 107 Å². The van der Waals surface area contributed by atoms with Crippen LogP contribution in [-0.4, -0.2) is 251 Å². The lowest BCUT2D eigenvalue weighted by molar-refractivity contribution is -0.161. The number of esters is 1. The Kier molecular flexibility index (Phi) is 36.1. The van der Waals surface area contributed by atoms with E-state index in [-0.39, 0.29) is 29.6 Å². The molecule has 0 radical (unpaired) electrons. The van der Waals surface area contributed by atoms with E-state index in [0.29, 0.717) is 6.42 Å². The maximum Gasteiger partial charge on any atom is 0.328 e. The van der Waals surface area contributed by atoms with Crippen LogP contribution in [0, 0.1) is 23.7 Å². The number of likely N-dealkylation sites (N-methyl/N-ethyl adjacent to an activating group) is 2. The SMILES string of the molecule is COCC1NC(=O)C(NC(=O)C(NC(=O)C(NC(=O)C(NC(=O)C(NC(=O)CC(O)/C=C(\C)CC(C)C)C(O)C(N)=O)C(C)O)C(C)N)C(C)C(C)C(N)=O)C(C)OC(=O)C(C)N(C)C(=O)C(C(OC)c2ccc(O)cc2)NC(=O)C(CCC(N)=O)N(C)C(=O)C(CC(C)C)NC(=O)CNC1=O. The standard InChI is InChI=1S/C65H105N15O22/c1-28(2)22-30(5)24-39(83)25-44(85)73-50(52(87)55(69)89)62(96)76-48(35(10)81)60(94)75-47(33(8)66)59(93)74-46(31(6)32(7)54(68)88)58(92)77-49-36(11)102-65(99)34(9)79(12)64(98)51(53(101-15)37-16-18-38(82)19-17-37)78-57(91)42(20-21-43(67)84)80(13)63(97)40(23-29(3)4)71-45(86)26-70-56(90)41(27-100-14)72-61(49)95/h16-19,24,28-29,31-36,39-42,46-53,81-83,87H,20-23,25-27,66H2,1-15H3,(H2,67,84)(H2,68,88)(H2,69,89)(H,70,90)(H,71,86)(H,72,95)(H,73,85)(H,74,93)(H,75,94)(H,76,96)(H,77,92)(H,78,91)/b30-24+. The molecule has 37 heteroatoms. The number of phenolic OH excluding ortho intramolecular Hbond substituents is 1. The van der Waals surface area contributed by atoms with Gasteiger partial charge in [0.15, 0.2) is 6.10 Å². The first-order valence-corrected chi connectivity index (χ1v) is 33.0. The minimum atomic E-state index is -2.45. The third kappa shape index (κ3) is 27.2. The topological polar surface area (TPSA) is 583 Å². The number of methoxy groups -OCH3 is 2. The minimum Gasteiger partial charge on any atom is -0.508 e. The Hall–Kier alpha value is -9.43. The first-order valence-electron chi connectivity index (χ1n) is 33.0. The molecular weight excluding hydrogens is 1340 g/mol. The molecule has 1 aliphatic heterocycles. The highest BCUT2D eigenvalue weighted by atomic mass is 16.5. The van der Waals surface area contributed by atoms with Crippen molar-refractivity contribution in [3.8, 4) is 5.75 Å². The molecule has 1 saturated heterocycles. The number of aromatic hydroxyl groups is 1. The second kappa shape index (κ2) is 41.5. The number of benzene rings is 1. The van der Waals surface area contributed by atoms with Crippen LogP contribution in [0.4, 0.5) is 0 Å². The fraction of sp³-hybridized carbons (Fsp3) is 0.646. The van der Waals surface area contributed by atoms with E-state index in [9.17, 15) is 82.8 Å². The summed E-state index contributed by atoms with van der Waals surface area (Å²) in [5.74, 6) is -20.8. The van der Waals surface area contributed by atoms with E-state index in [2.05, 4.69) is 47.9 Å². The van der Waals surface area contributed by atoms with Crippen molar-refractivity contribution in [3.05, 3.63) is 41.5 Å². The number of primary amides is 3. The number of nitrogens with one attached hydrogen (secondary N) is 9. The molecule has 37 nitrogen and oxygen atoms in total. The number of carbonyl (C=O) groups is 15. The number of aliphatic hydroxyl groups is 3. The molecule has 1 aromatic carbocycles. The Morgan fingerprint density at radius 1 is 0.686 bits per heavy atom.